The van der Waals surface area contributed by atoms with Crippen molar-refractivity contribution in [3.05, 3.63) is 29.8 Å². The highest BCUT2D eigenvalue weighted by Crippen LogP contribution is 2.08. The highest BCUT2D eigenvalue weighted by molar-refractivity contribution is 5.37. The molecule has 0 saturated heterocycles. The average molecular weight is 174 g/mol. The molecule has 0 bridgehead atoms. The predicted octanol–water partition coefficient (Wildman–Crippen LogP) is 2.93. The first-order valence-electron chi connectivity index (χ1n) is 4.61. The summed E-state index contributed by atoms with van der Waals surface area (Å²) in [6.07, 6.45) is 3.30. The van der Waals surface area contributed by atoms with Crippen molar-refractivity contribution in [3.8, 4) is 17.6 Å². The van der Waals surface area contributed by atoms with Gasteiger partial charge in [-0.05, 0) is 30.7 Å². The minimum absolute atomic E-state index is 0.291. The minimum atomic E-state index is 0.291. The summed E-state index contributed by atoms with van der Waals surface area (Å²) in [6, 6.07) is 6.97. The first-order valence-corrected chi connectivity index (χ1v) is 4.61. The number of phenols is 1. The van der Waals surface area contributed by atoms with E-state index in [9.17, 15) is 0 Å². The third-order valence-corrected chi connectivity index (χ3v) is 1.76. The number of unbranched alkanes of at least 4 members (excludes halogenated alkanes) is 2. The first-order chi connectivity index (χ1) is 6.33. The van der Waals surface area contributed by atoms with Crippen LogP contribution in [0.5, 0.6) is 5.75 Å². The van der Waals surface area contributed by atoms with E-state index in [4.69, 9.17) is 5.11 Å². The van der Waals surface area contributed by atoms with Crippen molar-refractivity contribution in [1.29, 1.82) is 0 Å². The molecular formula is C12H14O. The quantitative estimate of drug-likeness (QED) is 0.540. The van der Waals surface area contributed by atoms with Crippen molar-refractivity contribution in [3.63, 3.8) is 0 Å². The molecule has 0 aliphatic carbocycles. The molecule has 0 aliphatic rings. The summed E-state index contributed by atoms with van der Waals surface area (Å²) in [7, 11) is 0. The maximum atomic E-state index is 9.02. The van der Waals surface area contributed by atoms with E-state index in [0.717, 1.165) is 18.4 Å². The molecule has 0 spiro atoms. The monoisotopic (exact) mass is 174 g/mol. The van der Waals surface area contributed by atoms with E-state index in [1.807, 2.05) is 12.1 Å². The van der Waals surface area contributed by atoms with Gasteiger partial charge in [-0.25, -0.2) is 0 Å². The van der Waals surface area contributed by atoms with Gasteiger partial charge in [-0.2, -0.15) is 0 Å². The summed E-state index contributed by atoms with van der Waals surface area (Å²) in [5.74, 6) is 6.43. The minimum Gasteiger partial charge on any atom is -0.508 e. The Kier molecular flexibility index (Phi) is 3.92. The molecule has 1 nitrogen and oxygen atoms in total. The summed E-state index contributed by atoms with van der Waals surface area (Å²) >= 11 is 0. The number of hydrogen-bond donors (Lipinski definition) is 1. The highest BCUT2D eigenvalue weighted by Gasteiger charge is 1.86. The summed E-state index contributed by atoms with van der Waals surface area (Å²) in [5, 5.41) is 9.02. The smallest absolute Gasteiger partial charge is 0.115 e. The van der Waals surface area contributed by atoms with Gasteiger partial charge in [0, 0.05) is 12.0 Å². The van der Waals surface area contributed by atoms with Gasteiger partial charge in [0.15, 0.2) is 0 Å². The molecule has 0 amide bonds. The van der Waals surface area contributed by atoms with Crippen LogP contribution < -0.4 is 0 Å². The Balaban J connectivity index is 2.52. The van der Waals surface area contributed by atoms with Crippen molar-refractivity contribution >= 4 is 0 Å². The van der Waals surface area contributed by atoms with Gasteiger partial charge >= 0.3 is 0 Å². The summed E-state index contributed by atoms with van der Waals surface area (Å²) in [5.41, 5.74) is 0.967. The molecule has 68 valence electrons. The van der Waals surface area contributed by atoms with E-state index >= 15 is 0 Å². The fraction of sp³-hybridized carbons (Fsp3) is 0.333. The largest absolute Gasteiger partial charge is 0.508 e. The normalized spacial score (nSPS) is 9.00. The number of rotatable bonds is 2. The number of benzene rings is 1. The zero-order chi connectivity index (χ0) is 9.52. The van der Waals surface area contributed by atoms with Crippen molar-refractivity contribution in [2.75, 3.05) is 0 Å². The van der Waals surface area contributed by atoms with Gasteiger partial charge in [0.05, 0.1) is 0 Å². The Morgan fingerprint density at radius 2 is 1.92 bits per heavy atom. The summed E-state index contributed by atoms with van der Waals surface area (Å²) in [6.45, 7) is 2.15. The molecule has 0 radical (unpaired) electrons. The highest BCUT2D eigenvalue weighted by atomic mass is 16.3. The molecule has 1 aromatic carbocycles. The van der Waals surface area contributed by atoms with Crippen molar-refractivity contribution in [2.45, 2.75) is 26.2 Å². The van der Waals surface area contributed by atoms with Crippen LogP contribution in [0.2, 0.25) is 0 Å². The molecule has 1 heteroatoms. The Morgan fingerprint density at radius 1 is 1.23 bits per heavy atom. The van der Waals surface area contributed by atoms with Crippen LogP contribution in [0.4, 0.5) is 0 Å². The maximum Gasteiger partial charge on any atom is 0.115 e. The Bertz CT molecular complexity index is 300. The molecule has 1 rings (SSSR count). The van der Waals surface area contributed by atoms with Crippen LogP contribution in [0.3, 0.4) is 0 Å². The predicted molar refractivity (Wildman–Crippen MR) is 54.5 cm³/mol. The van der Waals surface area contributed by atoms with Crippen molar-refractivity contribution in [2.24, 2.45) is 0 Å². The van der Waals surface area contributed by atoms with Crippen LogP contribution >= 0.6 is 0 Å². The maximum absolute atomic E-state index is 9.02. The lowest BCUT2D eigenvalue weighted by Gasteiger charge is -1.90. The molecule has 0 unspecified atom stereocenters. The second-order valence-electron chi connectivity index (χ2n) is 2.95. The molecule has 13 heavy (non-hydrogen) atoms. The lowest BCUT2D eigenvalue weighted by atomic mass is 10.2. The molecule has 0 saturated carbocycles. The lowest BCUT2D eigenvalue weighted by Crippen LogP contribution is -1.73. The van der Waals surface area contributed by atoms with E-state index in [-0.39, 0.29) is 0 Å². The van der Waals surface area contributed by atoms with Crippen LogP contribution in [-0.4, -0.2) is 5.11 Å². The van der Waals surface area contributed by atoms with Crippen LogP contribution in [0.1, 0.15) is 31.7 Å². The first kappa shape index (κ1) is 9.67. The van der Waals surface area contributed by atoms with Crippen LogP contribution in [-0.2, 0) is 0 Å². The topological polar surface area (TPSA) is 20.2 Å². The Morgan fingerprint density at radius 3 is 2.54 bits per heavy atom. The second-order valence-corrected chi connectivity index (χ2v) is 2.95. The molecule has 0 heterocycles. The van der Waals surface area contributed by atoms with Crippen molar-refractivity contribution < 1.29 is 5.11 Å². The van der Waals surface area contributed by atoms with Crippen LogP contribution in [0.25, 0.3) is 0 Å². The molecule has 1 N–H and O–H groups in total. The molecule has 0 fully saturated rings. The zero-order valence-corrected chi connectivity index (χ0v) is 7.88. The molecular weight excluding hydrogens is 160 g/mol. The average Bonchev–Trinajstić information content (AvgIpc) is 2.15. The molecule has 0 aliphatic heterocycles. The zero-order valence-electron chi connectivity index (χ0n) is 7.88. The standard InChI is InChI=1S/C12H14O/c1-2-3-4-5-6-11-7-9-12(13)10-8-11/h7-10,13H,2-4H2,1H3. The van der Waals surface area contributed by atoms with E-state index < -0.39 is 0 Å². The lowest BCUT2D eigenvalue weighted by molar-refractivity contribution is 0.475. The molecule has 1 aromatic rings. The van der Waals surface area contributed by atoms with E-state index in [2.05, 4.69) is 18.8 Å². The van der Waals surface area contributed by atoms with Gasteiger partial charge < -0.3 is 5.11 Å². The van der Waals surface area contributed by atoms with Gasteiger partial charge in [-0.1, -0.05) is 25.2 Å². The fourth-order valence-corrected chi connectivity index (χ4v) is 0.974. The number of phenolic OH excluding ortho intramolecular Hbond substituents is 1. The van der Waals surface area contributed by atoms with Gasteiger partial charge in [-0.15, -0.1) is 0 Å². The second kappa shape index (κ2) is 5.27. The Labute approximate surface area is 79.4 Å². The SMILES string of the molecule is CCCCC#Cc1ccc(O)cc1. The third kappa shape index (κ3) is 3.66. The molecule has 0 aromatic heterocycles. The van der Waals surface area contributed by atoms with Crippen LogP contribution in [0, 0.1) is 11.8 Å². The molecule has 0 atom stereocenters. The fourth-order valence-electron chi connectivity index (χ4n) is 0.974. The third-order valence-electron chi connectivity index (χ3n) is 1.76. The van der Waals surface area contributed by atoms with E-state index in [0.29, 0.717) is 5.75 Å². The van der Waals surface area contributed by atoms with E-state index in [1.165, 1.54) is 6.42 Å². The van der Waals surface area contributed by atoms with Gasteiger partial charge in [-0.3, -0.25) is 0 Å². The number of aromatic hydroxyl groups is 1. The summed E-state index contributed by atoms with van der Waals surface area (Å²) in [4.78, 5) is 0. The summed E-state index contributed by atoms with van der Waals surface area (Å²) < 4.78 is 0. The Hall–Kier alpha value is -1.42. The van der Waals surface area contributed by atoms with Crippen LogP contribution in [0.15, 0.2) is 24.3 Å². The number of hydrogen-bond acceptors (Lipinski definition) is 1. The van der Waals surface area contributed by atoms with Crippen molar-refractivity contribution in [1.82, 2.24) is 0 Å². The van der Waals surface area contributed by atoms with Gasteiger partial charge in [0.1, 0.15) is 5.75 Å². The van der Waals surface area contributed by atoms with Gasteiger partial charge in [0.2, 0.25) is 0 Å². The van der Waals surface area contributed by atoms with E-state index in [1.54, 1.807) is 12.1 Å². The van der Waals surface area contributed by atoms with Gasteiger partial charge in [0.25, 0.3) is 0 Å².